The Hall–Kier alpha value is -2.63. The SMILES string of the molecule is Cc1noc(NC(=O)Cc2cnc3c(C)cccn23)c1C. The molecule has 0 aliphatic rings. The van der Waals surface area contributed by atoms with Crippen LogP contribution in [0.15, 0.2) is 29.0 Å². The highest BCUT2D eigenvalue weighted by Crippen LogP contribution is 2.18. The van der Waals surface area contributed by atoms with Crippen molar-refractivity contribution < 1.29 is 9.32 Å². The maximum atomic E-state index is 12.1. The molecule has 3 aromatic heterocycles. The second-order valence-corrected chi connectivity index (χ2v) is 5.08. The first-order valence-electron chi connectivity index (χ1n) is 6.70. The average Bonchev–Trinajstić information content (AvgIpc) is 2.99. The average molecular weight is 284 g/mol. The van der Waals surface area contributed by atoms with Crippen LogP contribution in [-0.4, -0.2) is 20.4 Å². The summed E-state index contributed by atoms with van der Waals surface area (Å²) >= 11 is 0. The second-order valence-electron chi connectivity index (χ2n) is 5.08. The normalized spacial score (nSPS) is 11.0. The monoisotopic (exact) mass is 284 g/mol. The molecule has 0 aliphatic carbocycles. The molecule has 6 nitrogen and oxygen atoms in total. The van der Waals surface area contributed by atoms with Gasteiger partial charge in [0.15, 0.2) is 0 Å². The summed E-state index contributed by atoms with van der Waals surface area (Å²) in [4.78, 5) is 16.5. The number of imidazole rings is 1. The Balaban J connectivity index is 1.81. The van der Waals surface area contributed by atoms with Crippen LogP contribution < -0.4 is 5.32 Å². The number of carbonyl (C=O) groups excluding carboxylic acids is 1. The second kappa shape index (κ2) is 5.05. The Labute approximate surface area is 121 Å². The predicted molar refractivity (Wildman–Crippen MR) is 78.2 cm³/mol. The van der Waals surface area contributed by atoms with Crippen molar-refractivity contribution in [1.29, 1.82) is 0 Å². The van der Waals surface area contributed by atoms with Crippen molar-refractivity contribution in [3.63, 3.8) is 0 Å². The molecule has 3 heterocycles. The minimum Gasteiger partial charge on any atom is -0.338 e. The number of nitrogens with zero attached hydrogens (tertiary/aromatic N) is 3. The zero-order valence-electron chi connectivity index (χ0n) is 12.2. The Kier molecular flexibility index (Phi) is 3.21. The van der Waals surface area contributed by atoms with Crippen LogP contribution in [0.1, 0.15) is 22.5 Å². The lowest BCUT2D eigenvalue weighted by atomic mass is 10.2. The number of aryl methyl sites for hydroxylation is 2. The first kappa shape index (κ1) is 13.4. The van der Waals surface area contributed by atoms with Crippen molar-refractivity contribution in [2.75, 3.05) is 5.32 Å². The number of carbonyl (C=O) groups is 1. The topological polar surface area (TPSA) is 72.4 Å². The number of hydrogen-bond donors (Lipinski definition) is 1. The van der Waals surface area contributed by atoms with Gasteiger partial charge >= 0.3 is 0 Å². The quantitative estimate of drug-likeness (QED) is 0.801. The summed E-state index contributed by atoms with van der Waals surface area (Å²) in [5, 5.41) is 6.56. The van der Waals surface area contributed by atoms with E-state index in [1.807, 2.05) is 43.5 Å². The number of rotatable bonds is 3. The fourth-order valence-corrected chi connectivity index (χ4v) is 2.20. The van der Waals surface area contributed by atoms with Gasteiger partial charge in [0.1, 0.15) is 5.65 Å². The molecule has 1 amide bonds. The van der Waals surface area contributed by atoms with Crippen molar-refractivity contribution >= 4 is 17.4 Å². The lowest BCUT2D eigenvalue weighted by Crippen LogP contribution is -2.15. The number of hydrogen-bond acceptors (Lipinski definition) is 4. The molecule has 0 saturated heterocycles. The van der Waals surface area contributed by atoms with Gasteiger partial charge in [0.2, 0.25) is 11.8 Å². The number of amides is 1. The summed E-state index contributed by atoms with van der Waals surface area (Å²) in [7, 11) is 0. The minimum absolute atomic E-state index is 0.155. The third-order valence-electron chi connectivity index (χ3n) is 3.56. The molecule has 6 heteroatoms. The molecule has 0 fully saturated rings. The van der Waals surface area contributed by atoms with Crippen LogP contribution in [0.25, 0.3) is 5.65 Å². The maximum Gasteiger partial charge on any atom is 0.234 e. The van der Waals surface area contributed by atoms with Gasteiger partial charge in [0.25, 0.3) is 0 Å². The van der Waals surface area contributed by atoms with Crippen LogP contribution in [0.3, 0.4) is 0 Å². The van der Waals surface area contributed by atoms with Crippen LogP contribution in [0.5, 0.6) is 0 Å². The van der Waals surface area contributed by atoms with E-state index in [0.29, 0.717) is 5.88 Å². The standard InChI is InChI=1S/C15H16N4O2/c1-9-5-4-6-19-12(8-16-14(9)19)7-13(20)17-15-10(2)11(3)18-21-15/h4-6,8H,7H2,1-3H3,(H,17,20). The zero-order chi connectivity index (χ0) is 15.0. The van der Waals surface area contributed by atoms with E-state index in [1.165, 1.54) is 0 Å². The van der Waals surface area contributed by atoms with Gasteiger partial charge < -0.3 is 8.92 Å². The number of fused-ring (bicyclic) bond motifs is 1. The summed E-state index contributed by atoms with van der Waals surface area (Å²) in [6, 6.07) is 3.93. The molecule has 0 atom stereocenters. The van der Waals surface area contributed by atoms with Crippen LogP contribution >= 0.6 is 0 Å². The summed E-state index contributed by atoms with van der Waals surface area (Å²) in [6.45, 7) is 5.69. The molecule has 0 aliphatic heterocycles. The molecule has 21 heavy (non-hydrogen) atoms. The highest BCUT2D eigenvalue weighted by atomic mass is 16.5. The van der Waals surface area contributed by atoms with Crippen LogP contribution in [0, 0.1) is 20.8 Å². The smallest absolute Gasteiger partial charge is 0.234 e. The van der Waals surface area contributed by atoms with Gasteiger partial charge in [0, 0.05) is 18.0 Å². The summed E-state index contributed by atoms with van der Waals surface area (Å²) in [6.07, 6.45) is 3.85. The van der Waals surface area contributed by atoms with Crippen molar-refractivity contribution in [1.82, 2.24) is 14.5 Å². The largest absolute Gasteiger partial charge is 0.338 e. The van der Waals surface area contributed by atoms with Gasteiger partial charge in [-0.25, -0.2) is 4.98 Å². The third kappa shape index (κ3) is 2.40. The highest BCUT2D eigenvalue weighted by Gasteiger charge is 2.14. The Bertz CT molecular complexity index is 816. The van der Waals surface area contributed by atoms with Gasteiger partial charge in [-0.05, 0) is 32.4 Å². The molecular formula is C15H16N4O2. The summed E-state index contributed by atoms with van der Waals surface area (Å²) in [5.74, 6) is 0.250. The van der Waals surface area contributed by atoms with Gasteiger partial charge in [-0.3, -0.25) is 10.1 Å². The van der Waals surface area contributed by atoms with Crippen molar-refractivity contribution in [3.05, 3.63) is 47.0 Å². The molecule has 0 spiro atoms. The van der Waals surface area contributed by atoms with Crippen LogP contribution in [-0.2, 0) is 11.2 Å². The molecule has 0 radical (unpaired) electrons. The fourth-order valence-electron chi connectivity index (χ4n) is 2.20. The minimum atomic E-state index is -0.155. The fraction of sp³-hybridized carbons (Fsp3) is 0.267. The first-order valence-corrected chi connectivity index (χ1v) is 6.70. The van der Waals surface area contributed by atoms with Gasteiger partial charge in [0.05, 0.1) is 17.8 Å². The molecule has 3 aromatic rings. The van der Waals surface area contributed by atoms with Crippen LogP contribution in [0.2, 0.25) is 0 Å². The van der Waals surface area contributed by atoms with Crippen molar-refractivity contribution in [2.45, 2.75) is 27.2 Å². The van der Waals surface area contributed by atoms with E-state index in [4.69, 9.17) is 4.52 Å². The maximum absolute atomic E-state index is 12.1. The molecule has 108 valence electrons. The van der Waals surface area contributed by atoms with Gasteiger partial charge in [-0.2, -0.15) is 0 Å². The van der Waals surface area contributed by atoms with E-state index in [1.54, 1.807) is 6.20 Å². The number of pyridine rings is 1. The van der Waals surface area contributed by atoms with E-state index >= 15 is 0 Å². The molecule has 0 bridgehead atoms. The summed E-state index contributed by atoms with van der Waals surface area (Å²) in [5.41, 5.74) is 4.39. The van der Waals surface area contributed by atoms with E-state index in [9.17, 15) is 4.79 Å². The van der Waals surface area contributed by atoms with Gasteiger partial charge in [-0.1, -0.05) is 11.2 Å². The molecule has 1 N–H and O–H groups in total. The first-order chi connectivity index (χ1) is 10.1. The highest BCUT2D eigenvalue weighted by molar-refractivity contribution is 5.91. The van der Waals surface area contributed by atoms with E-state index in [0.717, 1.165) is 28.2 Å². The zero-order valence-corrected chi connectivity index (χ0v) is 12.2. The van der Waals surface area contributed by atoms with Crippen LogP contribution in [0.4, 0.5) is 5.88 Å². The Morgan fingerprint density at radius 2 is 2.19 bits per heavy atom. The molecule has 3 rings (SSSR count). The van der Waals surface area contributed by atoms with E-state index < -0.39 is 0 Å². The lowest BCUT2D eigenvalue weighted by molar-refractivity contribution is -0.115. The lowest BCUT2D eigenvalue weighted by Gasteiger charge is -2.03. The summed E-state index contributed by atoms with van der Waals surface area (Å²) < 4.78 is 7.01. The molecule has 0 unspecified atom stereocenters. The third-order valence-corrected chi connectivity index (χ3v) is 3.56. The van der Waals surface area contributed by atoms with E-state index in [2.05, 4.69) is 15.5 Å². The Morgan fingerprint density at radius 3 is 2.90 bits per heavy atom. The predicted octanol–water partition coefficient (Wildman–Crippen LogP) is 2.43. The molecular weight excluding hydrogens is 268 g/mol. The van der Waals surface area contributed by atoms with E-state index in [-0.39, 0.29) is 12.3 Å². The number of nitrogens with one attached hydrogen (secondary N) is 1. The Morgan fingerprint density at radius 1 is 1.38 bits per heavy atom. The van der Waals surface area contributed by atoms with Crippen molar-refractivity contribution in [2.24, 2.45) is 0 Å². The van der Waals surface area contributed by atoms with Crippen molar-refractivity contribution in [3.8, 4) is 0 Å². The molecule has 0 aromatic carbocycles. The van der Waals surface area contributed by atoms with Gasteiger partial charge in [-0.15, -0.1) is 0 Å². The number of aromatic nitrogens is 3. The number of anilines is 1. The molecule has 0 saturated carbocycles.